The Kier molecular flexibility index (Phi) is 3.97. The van der Waals surface area contributed by atoms with E-state index in [1.807, 2.05) is 24.3 Å². The number of hydrogen-bond acceptors (Lipinski definition) is 4. The molecule has 1 unspecified atom stereocenters. The Balaban J connectivity index is 1.95. The third-order valence-electron chi connectivity index (χ3n) is 3.74. The van der Waals surface area contributed by atoms with E-state index in [0.717, 1.165) is 23.8 Å². The number of nitrogens with two attached hydrogens (primary N) is 1. The monoisotopic (exact) mass is 281 g/mol. The molecule has 3 rings (SSSR count). The van der Waals surface area contributed by atoms with Gasteiger partial charge in [0.2, 0.25) is 11.7 Å². The first-order valence-corrected chi connectivity index (χ1v) is 7.31. The standard InChI is InChI=1S/C17H19N3O/c1-12(6-5-11-18)17-19-16(20-21-17)15-10-4-8-13-7-2-3-9-14(13)15/h2-4,7-10,12H,5-6,11,18H2,1H3. The van der Waals surface area contributed by atoms with Crippen LogP contribution in [0.4, 0.5) is 0 Å². The van der Waals surface area contributed by atoms with Gasteiger partial charge in [-0.3, -0.25) is 0 Å². The molecule has 1 atom stereocenters. The van der Waals surface area contributed by atoms with Gasteiger partial charge in [0.15, 0.2) is 0 Å². The molecule has 0 aliphatic heterocycles. The molecule has 2 N–H and O–H groups in total. The Morgan fingerprint density at radius 3 is 2.81 bits per heavy atom. The molecule has 1 aromatic heterocycles. The molecule has 2 aromatic carbocycles. The van der Waals surface area contributed by atoms with Gasteiger partial charge in [0.1, 0.15) is 0 Å². The van der Waals surface area contributed by atoms with Crippen molar-refractivity contribution in [2.75, 3.05) is 6.54 Å². The highest BCUT2D eigenvalue weighted by Gasteiger charge is 2.16. The Hall–Kier alpha value is -2.20. The van der Waals surface area contributed by atoms with Gasteiger partial charge in [-0.2, -0.15) is 4.98 Å². The van der Waals surface area contributed by atoms with E-state index in [0.29, 0.717) is 18.3 Å². The van der Waals surface area contributed by atoms with Crippen LogP contribution in [-0.4, -0.2) is 16.7 Å². The lowest BCUT2D eigenvalue weighted by Gasteiger charge is -2.04. The van der Waals surface area contributed by atoms with Crippen molar-refractivity contribution in [2.24, 2.45) is 5.73 Å². The number of benzene rings is 2. The molecule has 4 heteroatoms. The van der Waals surface area contributed by atoms with Crippen molar-refractivity contribution in [1.82, 2.24) is 10.1 Å². The van der Waals surface area contributed by atoms with Crippen LogP contribution in [-0.2, 0) is 0 Å². The quantitative estimate of drug-likeness (QED) is 0.774. The third-order valence-corrected chi connectivity index (χ3v) is 3.74. The molecule has 1 heterocycles. The number of aromatic nitrogens is 2. The van der Waals surface area contributed by atoms with Gasteiger partial charge < -0.3 is 10.3 Å². The molecule has 0 radical (unpaired) electrons. The van der Waals surface area contributed by atoms with Crippen molar-refractivity contribution in [3.63, 3.8) is 0 Å². The second-order valence-electron chi connectivity index (χ2n) is 5.31. The fourth-order valence-electron chi connectivity index (χ4n) is 2.51. The first-order chi connectivity index (χ1) is 10.3. The van der Waals surface area contributed by atoms with Crippen LogP contribution in [0.25, 0.3) is 22.2 Å². The van der Waals surface area contributed by atoms with Crippen molar-refractivity contribution in [1.29, 1.82) is 0 Å². The SMILES string of the molecule is CC(CCCN)c1nc(-c2cccc3ccccc23)no1. The zero-order valence-electron chi connectivity index (χ0n) is 12.1. The van der Waals surface area contributed by atoms with Crippen molar-refractivity contribution >= 4 is 10.8 Å². The Morgan fingerprint density at radius 2 is 1.95 bits per heavy atom. The molecule has 21 heavy (non-hydrogen) atoms. The first kappa shape index (κ1) is 13.8. The average Bonchev–Trinajstić information content (AvgIpc) is 3.02. The molecule has 0 bridgehead atoms. The second kappa shape index (κ2) is 6.06. The van der Waals surface area contributed by atoms with Crippen LogP contribution in [0.15, 0.2) is 47.0 Å². The van der Waals surface area contributed by atoms with E-state index >= 15 is 0 Å². The van der Waals surface area contributed by atoms with Crippen LogP contribution < -0.4 is 5.73 Å². The maximum atomic E-state index is 5.55. The Bertz CT molecular complexity index is 730. The van der Waals surface area contributed by atoms with Gasteiger partial charge in [0.25, 0.3) is 0 Å². The van der Waals surface area contributed by atoms with Gasteiger partial charge in [-0.15, -0.1) is 0 Å². The summed E-state index contributed by atoms with van der Waals surface area (Å²) in [6, 6.07) is 14.4. The molecule has 0 saturated heterocycles. The predicted octanol–water partition coefficient (Wildman–Crippen LogP) is 3.73. The molecular formula is C17H19N3O. The Labute approximate surface area is 124 Å². The lowest BCUT2D eigenvalue weighted by atomic mass is 10.0. The van der Waals surface area contributed by atoms with Crippen molar-refractivity contribution in [3.8, 4) is 11.4 Å². The first-order valence-electron chi connectivity index (χ1n) is 7.31. The molecular weight excluding hydrogens is 262 g/mol. The van der Waals surface area contributed by atoms with Crippen LogP contribution in [0, 0.1) is 0 Å². The molecule has 0 aliphatic carbocycles. The summed E-state index contributed by atoms with van der Waals surface area (Å²) < 4.78 is 5.42. The summed E-state index contributed by atoms with van der Waals surface area (Å²) >= 11 is 0. The predicted molar refractivity (Wildman–Crippen MR) is 83.9 cm³/mol. The molecule has 0 fully saturated rings. The normalized spacial score (nSPS) is 12.7. The van der Waals surface area contributed by atoms with Crippen LogP contribution >= 0.6 is 0 Å². The van der Waals surface area contributed by atoms with Gasteiger partial charge in [-0.05, 0) is 30.2 Å². The minimum atomic E-state index is 0.241. The van der Waals surface area contributed by atoms with Crippen LogP contribution in [0.2, 0.25) is 0 Å². The van der Waals surface area contributed by atoms with E-state index in [4.69, 9.17) is 10.3 Å². The fourth-order valence-corrected chi connectivity index (χ4v) is 2.51. The van der Waals surface area contributed by atoms with Gasteiger partial charge in [0, 0.05) is 11.5 Å². The summed E-state index contributed by atoms with van der Waals surface area (Å²) in [6.45, 7) is 2.78. The van der Waals surface area contributed by atoms with E-state index in [2.05, 4.69) is 35.3 Å². The molecule has 0 amide bonds. The van der Waals surface area contributed by atoms with Crippen molar-refractivity contribution in [3.05, 3.63) is 48.4 Å². The zero-order chi connectivity index (χ0) is 14.7. The fraction of sp³-hybridized carbons (Fsp3) is 0.294. The molecule has 0 saturated carbocycles. The van der Waals surface area contributed by atoms with Gasteiger partial charge >= 0.3 is 0 Å². The van der Waals surface area contributed by atoms with Gasteiger partial charge in [0.05, 0.1) is 0 Å². The highest BCUT2D eigenvalue weighted by atomic mass is 16.5. The number of fused-ring (bicyclic) bond motifs is 1. The number of nitrogens with zero attached hydrogens (tertiary/aromatic N) is 2. The highest BCUT2D eigenvalue weighted by molar-refractivity contribution is 5.94. The van der Waals surface area contributed by atoms with Crippen LogP contribution in [0.3, 0.4) is 0 Å². The topological polar surface area (TPSA) is 64.9 Å². The van der Waals surface area contributed by atoms with E-state index in [1.54, 1.807) is 0 Å². The van der Waals surface area contributed by atoms with Crippen molar-refractivity contribution in [2.45, 2.75) is 25.7 Å². The summed E-state index contributed by atoms with van der Waals surface area (Å²) in [5, 5.41) is 6.47. The number of rotatable bonds is 5. The Morgan fingerprint density at radius 1 is 1.14 bits per heavy atom. The summed E-state index contributed by atoms with van der Waals surface area (Å²) in [7, 11) is 0. The van der Waals surface area contributed by atoms with E-state index in [9.17, 15) is 0 Å². The third kappa shape index (κ3) is 2.81. The summed E-state index contributed by atoms with van der Waals surface area (Å²) in [5.41, 5.74) is 6.56. The van der Waals surface area contributed by atoms with Crippen LogP contribution in [0.1, 0.15) is 31.6 Å². The largest absolute Gasteiger partial charge is 0.339 e. The minimum Gasteiger partial charge on any atom is -0.339 e. The van der Waals surface area contributed by atoms with Crippen LogP contribution in [0.5, 0.6) is 0 Å². The number of hydrogen-bond donors (Lipinski definition) is 1. The lowest BCUT2D eigenvalue weighted by Crippen LogP contribution is -2.02. The smallest absolute Gasteiger partial charge is 0.229 e. The van der Waals surface area contributed by atoms with Gasteiger partial charge in [-0.1, -0.05) is 54.5 Å². The summed E-state index contributed by atoms with van der Waals surface area (Å²) in [6.07, 6.45) is 1.93. The molecule has 4 nitrogen and oxygen atoms in total. The highest BCUT2D eigenvalue weighted by Crippen LogP contribution is 2.28. The average molecular weight is 281 g/mol. The molecule has 108 valence electrons. The van der Waals surface area contributed by atoms with Crippen molar-refractivity contribution < 1.29 is 4.52 Å². The van der Waals surface area contributed by atoms with E-state index < -0.39 is 0 Å². The maximum absolute atomic E-state index is 5.55. The summed E-state index contributed by atoms with van der Waals surface area (Å²) in [5.74, 6) is 1.58. The molecule has 0 aliphatic rings. The summed E-state index contributed by atoms with van der Waals surface area (Å²) in [4.78, 5) is 4.56. The molecule has 0 spiro atoms. The maximum Gasteiger partial charge on any atom is 0.229 e. The van der Waals surface area contributed by atoms with E-state index in [1.165, 1.54) is 5.39 Å². The molecule has 3 aromatic rings. The van der Waals surface area contributed by atoms with Gasteiger partial charge in [-0.25, -0.2) is 0 Å². The second-order valence-corrected chi connectivity index (χ2v) is 5.31. The zero-order valence-corrected chi connectivity index (χ0v) is 12.1. The lowest BCUT2D eigenvalue weighted by molar-refractivity contribution is 0.352. The minimum absolute atomic E-state index is 0.241. The van der Waals surface area contributed by atoms with E-state index in [-0.39, 0.29) is 5.92 Å².